The number of aromatic nitrogens is 3. The fourth-order valence-corrected chi connectivity index (χ4v) is 4.42. The van der Waals surface area contributed by atoms with Gasteiger partial charge in [0.1, 0.15) is 0 Å². The average molecular weight is 371 g/mol. The third kappa shape index (κ3) is 2.67. The Morgan fingerprint density at radius 2 is 1.36 bits per heavy atom. The highest BCUT2D eigenvalue weighted by Crippen LogP contribution is 2.29. The lowest BCUT2D eigenvalue weighted by molar-refractivity contribution is 1.00. The second-order valence-electron chi connectivity index (χ2n) is 8.12. The van der Waals surface area contributed by atoms with Gasteiger partial charge in [-0.25, -0.2) is 0 Å². The lowest BCUT2D eigenvalue weighted by Crippen LogP contribution is -1.88. The van der Waals surface area contributed by atoms with Crippen molar-refractivity contribution in [1.82, 2.24) is 15.0 Å². The van der Waals surface area contributed by atoms with Crippen LogP contribution >= 0.6 is 0 Å². The second-order valence-corrected chi connectivity index (χ2v) is 8.12. The van der Waals surface area contributed by atoms with E-state index in [0.717, 1.165) is 31.4 Å². The maximum atomic E-state index is 4.99. The van der Waals surface area contributed by atoms with Gasteiger partial charge in [-0.3, -0.25) is 9.98 Å². The van der Waals surface area contributed by atoms with Gasteiger partial charge in [-0.1, -0.05) is 0 Å². The van der Waals surface area contributed by atoms with Crippen molar-refractivity contribution in [3.63, 3.8) is 0 Å². The summed E-state index contributed by atoms with van der Waals surface area (Å²) in [5.74, 6) is 0. The van der Waals surface area contributed by atoms with Crippen LogP contribution < -0.4 is 0 Å². The van der Waals surface area contributed by atoms with E-state index < -0.39 is 0 Å². The van der Waals surface area contributed by atoms with E-state index in [-0.39, 0.29) is 0 Å². The van der Waals surface area contributed by atoms with E-state index in [4.69, 9.17) is 9.98 Å². The molecular formula is C24H26N4. The Bertz CT molecular complexity index is 1120. The minimum atomic E-state index is 0.985. The van der Waals surface area contributed by atoms with Crippen molar-refractivity contribution in [2.45, 2.75) is 53.4 Å². The van der Waals surface area contributed by atoms with Gasteiger partial charge in [0, 0.05) is 40.0 Å². The van der Waals surface area contributed by atoms with Gasteiger partial charge >= 0.3 is 0 Å². The van der Waals surface area contributed by atoms with Crippen LogP contribution in [-0.4, -0.2) is 21.2 Å². The van der Waals surface area contributed by atoms with Crippen molar-refractivity contribution in [2.24, 2.45) is 4.99 Å². The Balaban J connectivity index is 1.92. The minimum absolute atomic E-state index is 0.985. The highest BCUT2D eigenvalue weighted by Gasteiger charge is 2.16. The van der Waals surface area contributed by atoms with Gasteiger partial charge in [-0.2, -0.15) is 0 Å². The van der Waals surface area contributed by atoms with Gasteiger partial charge in [0.05, 0.1) is 5.69 Å². The molecule has 3 aliphatic heterocycles. The first-order valence-electron chi connectivity index (χ1n) is 10.1. The standard InChI is InChI=1S/C24H26N4/c1-13-17-11-24(25-12-17)16(4)23-10-9-22(28-23)15(3)21-8-7-20(27-21)14(2)19-6-5-18(13)26-19/h7-8,11-12,26-27H,5-6,9-10H2,1-4H3. The molecule has 0 radical (unpaired) electrons. The van der Waals surface area contributed by atoms with E-state index in [9.17, 15) is 0 Å². The van der Waals surface area contributed by atoms with E-state index in [1.807, 2.05) is 6.21 Å². The molecule has 2 aromatic rings. The summed E-state index contributed by atoms with van der Waals surface area (Å²) in [7, 11) is 0. The molecule has 0 aliphatic carbocycles. The maximum absolute atomic E-state index is 4.99. The van der Waals surface area contributed by atoms with Gasteiger partial charge in [-0.15, -0.1) is 0 Å². The third-order valence-corrected chi connectivity index (χ3v) is 6.51. The molecule has 0 saturated heterocycles. The summed E-state index contributed by atoms with van der Waals surface area (Å²) in [6, 6.07) is 6.60. The number of aryl methyl sites for hydroxylation is 6. The number of aliphatic imine (C=N–C) groups is 1. The van der Waals surface area contributed by atoms with Crippen molar-refractivity contribution < 1.29 is 0 Å². The number of nitrogens with zero attached hydrogens (tertiary/aromatic N) is 2. The first-order chi connectivity index (χ1) is 13.5. The number of rotatable bonds is 0. The van der Waals surface area contributed by atoms with Crippen LogP contribution in [0.15, 0.2) is 23.2 Å². The smallest absolute Gasteiger partial charge is 0.0683 e. The third-order valence-electron chi connectivity index (χ3n) is 6.51. The molecule has 0 aromatic carbocycles. The van der Waals surface area contributed by atoms with Crippen LogP contribution in [0, 0.1) is 27.7 Å². The molecule has 28 heavy (non-hydrogen) atoms. The summed E-state index contributed by atoms with van der Waals surface area (Å²) in [5, 5.41) is 0. The molecular weight excluding hydrogens is 344 g/mol. The average Bonchev–Trinajstić information content (AvgIpc) is 3.49. The Labute approximate surface area is 165 Å². The van der Waals surface area contributed by atoms with Crippen LogP contribution in [0.2, 0.25) is 0 Å². The van der Waals surface area contributed by atoms with Crippen molar-refractivity contribution in [3.05, 3.63) is 68.8 Å². The van der Waals surface area contributed by atoms with E-state index in [1.165, 1.54) is 61.6 Å². The van der Waals surface area contributed by atoms with Gasteiger partial charge in [0.2, 0.25) is 0 Å². The molecule has 2 aromatic heterocycles. The Morgan fingerprint density at radius 1 is 0.714 bits per heavy atom. The van der Waals surface area contributed by atoms with E-state index in [1.54, 1.807) is 0 Å². The fourth-order valence-electron chi connectivity index (χ4n) is 4.42. The predicted octanol–water partition coefficient (Wildman–Crippen LogP) is 5.20. The maximum Gasteiger partial charge on any atom is 0.0683 e. The molecule has 0 unspecified atom stereocenters. The molecule has 0 saturated carbocycles. The summed E-state index contributed by atoms with van der Waals surface area (Å²) in [6.07, 6.45) is 6.07. The van der Waals surface area contributed by atoms with E-state index in [0.29, 0.717) is 0 Å². The second kappa shape index (κ2) is 6.33. The van der Waals surface area contributed by atoms with Crippen LogP contribution in [-0.2, 0) is 25.7 Å². The number of H-pyrrole nitrogens is 2. The SMILES string of the molecule is Cc1c2cc(c(C)c3[nH]c(c(C)c4ccc([nH]4)c(C)c4nc1CC4)CC3)C=N2. The Morgan fingerprint density at radius 3 is 2.11 bits per heavy atom. The molecule has 0 amide bonds. The predicted molar refractivity (Wildman–Crippen MR) is 116 cm³/mol. The summed E-state index contributed by atoms with van der Waals surface area (Å²) in [6.45, 7) is 8.73. The Kier molecular flexibility index (Phi) is 3.90. The lowest BCUT2D eigenvalue weighted by atomic mass is 10.1. The van der Waals surface area contributed by atoms with Crippen molar-refractivity contribution in [2.75, 3.05) is 0 Å². The summed E-state index contributed by atoms with van der Waals surface area (Å²) in [4.78, 5) is 17.0. The molecule has 4 nitrogen and oxygen atoms in total. The highest BCUT2D eigenvalue weighted by molar-refractivity contribution is 5.89. The molecule has 0 atom stereocenters. The molecule has 8 bridgehead atoms. The van der Waals surface area contributed by atoms with Gasteiger partial charge in [0.15, 0.2) is 0 Å². The summed E-state index contributed by atoms with van der Waals surface area (Å²) >= 11 is 0. The quantitative estimate of drug-likeness (QED) is 0.562. The van der Waals surface area contributed by atoms with Crippen LogP contribution in [0.25, 0.3) is 11.0 Å². The van der Waals surface area contributed by atoms with E-state index >= 15 is 0 Å². The molecule has 4 heteroatoms. The van der Waals surface area contributed by atoms with Crippen LogP contribution in [0.3, 0.4) is 0 Å². The zero-order valence-corrected chi connectivity index (χ0v) is 17.0. The van der Waals surface area contributed by atoms with Gasteiger partial charge in [-0.05, 0) is 99.4 Å². The molecule has 0 spiro atoms. The monoisotopic (exact) mass is 370 g/mol. The first kappa shape index (κ1) is 17.2. The number of hydrogen-bond acceptors (Lipinski definition) is 2. The number of nitrogens with one attached hydrogen (secondary N) is 2. The molecule has 2 N–H and O–H groups in total. The fraction of sp³-hybridized carbons (Fsp3) is 0.333. The van der Waals surface area contributed by atoms with Crippen molar-refractivity contribution in [3.8, 4) is 0 Å². The zero-order chi connectivity index (χ0) is 19.4. The molecule has 5 rings (SSSR count). The topological polar surface area (TPSA) is 56.8 Å². The normalized spacial score (nSPS) is 14.4. The number of aromatic amines is 2. The number of hydrogen-bond donors (Lipinski definition) is 2. The van der Waals surface area contributed by atoms with Gasteiger partial charge < -0.3 is 9.97 Å². The van der Waals surface area contributed by atoms with Crippen LogP contribution in [0.5, 0.6) is 0 Å². The summed E-state index contributed by atoms with van der Waals surface area (Å²) in [5.41, 5.74) is 14.6. The largest absolute Gasteiger partial charge is 0.362 e. The molecule has 5 heterocycles. The summed E-state index contributed by atoms with van der Waals surface area (Å²) < 4.78 is 0. The van der Waals surface area contributed by atoms with E-state index in [2.05, 4.69) is 55.9 Å². The Hall–Kier alpha value is -2.88. The van der Waals surface area contributed by atoms with Crippen LogP contribution in [0.4, 0.5) is 5.69 Å². The molecule has 3 aliphatic rings. The van der Waals surface area contributed by atoms with Gasteiger partial charge in [0.25, 0.3) is 0 Å². The first-order valence-corrected chi connectivity index (χ1v) is 10.1. The molecule has 0 fully saturated rings. The van der Waals surface area contributed by atoms with Crippen LogP contribution in [0.1, 0.15) is 50.6 Å². The van der Waals surface area contributed by atoms with Crippen molar-refractivity contribution in [1.29, 1.82) is 0 Å². The minimum Gasteiger partial charge on any atom is -0.362 e. The van der Waals surface area contributed by atoms with Crippen molar-refractivity contribution >= 4 is 22.9 Å². The zero-order valence-electron chi connectivity index (χ0n) is 17.0. The highest BCUT2D eigenvalue weighted by atomic mass is 14.8. The number of fused-ring (bicyclic) bond motifs is 8. The lowest BCUT2D eigenvalue weighted by Gasteiger charge is -1.98. The molecule has 142 valence electrons.